The Hall–Kier alpha value is -1.51. The van der Waals surface area contributed by atoms with Crippen LogP contribution in [0.4, 0.5) is 4.39 Å². The van der Waals surface area contributed by atoms with Gasteiger partial charge in [-0.2, -0.15) is 0 Å². The molecule has 1 heterocycles. The molecule has 2 nitrogen and oxygen atoms in total. The number of hydrogen-bond donors (Lipinski definition) is 0. The van der Waals surface area contributed by atoms with Crippen LogP contribution >= 0.6 is 0 Å². The summed E-state index contributed by atoms with van der Waals surface area (Å²) in [6, 6.07) is 3.04. The summed E-state index contributed by atoms with van der Waals surface area (Å²) in [6.45, 7) is 1.70. The molecule has 12 heavy (non-hydrogen) atoms. The lowest BCUT2D eigenvalue weighted by molar-refractivity contribution is 0.620. The molecule has 59 valence electrons. The van der Waals surface area contributed by atoms with Crippen LogP contribution in [0.1, 0.15) is 5.56 Å². The molecule has 0 aliphatic heterocycles. The molecular formula is C9H6FN2. The normalized spacial score (nSPS) is 10.5. The van der Waals surface area contributed by atoms with E-state index in [0.717, 1.165) is 0 Å². The van der Waals surface area contributed by atoms with Crippen molar-refractivity contribution in [1.82, 2.24) is 9.97 Å². The Morgan fingerprint density at radius 1 is 1.33 bits per heavy atom. The molecule has 2 rings (SSSR count). The minimum absolute atomic E-state index is 0.253. The van der Waals surface area contributed by atoms with E-state index in [1.807, 2.05) is 0 Å². The average Bonchev–Trinajstić information content (AvgIpc) is 2.07. The zero-order valence-corrected chi connectivity index (χ0v) is 6.50. The summed E-state index contributed by atoms with van der Waals surface area (Å²) < 4.78 is 13.0. The molecule has 1 radical (unpaired) electrons. The summed E-state index contributed by atoms with van der Waals surface area (Å²) in [5.41, 5.74) is 1.83. The second kappa shape index (κ2) is 2.52. The molecule has 0 saturated heterocycles. The molecule has 0 fully saturated rings. The highest BCUT2D eigenvalue weighted by molar-refractivity contribution is 5.74. The van der Waals surface area contributed by atoms with Gasteiger partial charge in [-0.3, -0.25) is 4.98 Å². The van der Waals surface area contributed by atoms with E-state index in [9.17, 15) is 4.39 Å². The highest BCUT2D eigenvalue weighted by Gasteiger charge is 2.00. The van der Waals surface area contributed by atoms with E-state index in [2.05, 4.69) is 16.2 Å². The molecule has 0 bridgehead atoms. The molecule has 0 N–H and O–H groups in total. The Bertz CT molecular complexity index is 385. The van der Waals surface area contributed by atoms with Crippen LogP contribution in [-0.4, -0.2) is 9.97 Å². The van der Waals surface area contributed by atoms with Crippen LogP contribution in [0.25, 0.3) is 11.0 Å². The number of aromatic nitrogens is 2. The number of rotatable bonds is 0. The second-order valence-corrected chi connectivity index (χ2v) is 2.59. The second-order valence-electron chi connectivity index (χ2n) is 2.59. The van der Waals surface area contributed by atoms with Gasteiger partial charge in [0.05, 0.1) is 17.2 Å². The summed E-state index contributed by atoms with van der Waals surface area (Å²) >= 11 is 0. The van der Waals surface area contributed by atoms with Crippen molar-refractivity contribution in [2.45, 2.75) is 6.92 Å². The van der Waals surface area contributed by atoms with Gasteiger partial charge in [0.25, 0.3) is 0 Å². The summed E-state index contributed by atoms with van der Waals surface area (Å²) in [6.07, 6.45) is 4.03. The molecule has 3 heteroatoms. The van der Waals surface area contributed by atoms with E-state index < -0.39 is 0 Å². The lowest BCUT2D eigenvalue weighted by atomic mass is 10.2. The lowest BCUT2D eigenvalue weighted by Gasteiger charge is -1.97. The first-order chi connectivity index (χ1) is 5.77. The van der Waals surface area contributed by atoms with Gasteiger partial charge in [-0.05, 0) is 18.6 Å². The Morgan fingerprint density at radius 2 is 2.17 bits per heavy atom. The largest absolute Gasteiger partial charge is 0.252 e. The minimum Gasteiger partial charge on any atom is -0.252 e. The van der Waals surface area contributed by atoms with E-state index in [-0.39, 0.29) is 5.82 Å². The molecule has 1 aromatic heterocycles. The predicted molar refractivity (Wildman–Crippen MR) is 43.1 cm³/mol. The third-order valence-electron chi connectivity index (χ3n) is 1.70. The number of hydrogen-bond acceptors (Lipinski definition) is 2. The van der Waals surface area contributed by atoms with Gasteiger partial charge in [0.15, 0.2) is 0 Å². The standard InChI is InChI=1S/C9H6FN2/c1-6-4-8-9(5-7(6)10)12-3-2-11-8/h2,4-5H,1H3. The lowest BCUT2D eigenvalue weighted by Crippen LogP contribution is -1.87. The maximum absolute atomic E-state index is 13.0. The summed E-state index contributed by atoms with van der Waals surface area (Å²) in [4.78, 5) is 7.85. The predicted octanol–water partition coefficient (Wildman–Crippen LogP) is 1.88. The minimum atomic E-state index is -0.253. The van der Waals surface area contributed by atoms with Gasteiger partial charge in [-0.1, -0.05) is 0 Å². The number of nitrogens with zero attached hydrogens (tertiary/aromatic N) is 2. The van der Waals surface area contributed by atoms with Crippen molar-refractivity contribution < 1.29 is 4.39 Å². The SMILES string of the molecule is Cc1cc2nc[c]nc2cc1F. The molecule has 0 unspecified atom stereocenters. The van der Waals surface area contributed by atoms with Crippen LogP contribution in [0.15, 0.2) is 18.3 Å². The van der Waals surface area contributed by atoms with E-state index in [0.29, 0.717) is 16.6 Å². The fraction of sp³-hybridized carbons (Fsp3) is 0.111. The first-order valence-electron chi connectivity index (χ1n) is 3.56. The maximum Gasteiger partial charge on any atom is 0.128 e. The molecule has 1 aromatic carbocycles. The van der Waals surface area contributed by atoms with Crippen LogP contribution in [0.5, 0.6) is 0 Å². The first-order valence-corrected chi connectivity index (χ1v) is 3.56. The van der Waals surface area contributed by atoms with Gasteiger partial charge < -0.3 is 0 Å². The van der Waals surface area contributed by atoms with Crippen molar-refractivity contribution in [1.29, 1.82) is 0 Å². The fourth-order valence-electron chi connectivity index (χ4n) is 1.05. The number of halogens is 1. The Morgan fingerprint density at radius 3 is 3.00 bits per heavy atom. The summed E-state index contributed by atoms with van der Waals surface area (Å²) in [7, 11) is 0. The molecule has 0 spiro atoms. The van der Waals surface area contributed by atoms with Crippen molar-refractivity contribution >= 4 is 11.0 Å². The van der Waals surface area contributed by atoms with Crippen molar-refractivity contribution in [3.63, 3.8) is 0 Å². The van der Waals surface area contributed by atoms with Crippen molar-refractivity contribution in [2.24, 2.45) is 0 Å². The Balaban J connectivity index is 2.84. The van der Waals surface area contributed by atoms with Gasteiger partial charge in [0, 0.05) is 6.07 Å². The van der Waals surface area contributed by atoms with Crippen molar-refractivity contribution in [3.8, 4) is 0 Å². The zero-order valence-electron chi connectivity index (χ0n) is 6.50. The van der Waals surface area contributed by atoms with Gasteiger partial charge in [0.1, 0.15) is 12.0 Å². The van der Waals surface area contributed by atoms with E-state index in [4.69, 9.17) is 0 Å². The maximum atomic E-state index is 13.0. The van der Waals surface area contributed by atoms with Gasteiger partial charge in [0.2, 0.25) is 0 Å². The quantitative estimate of drug-likeness (QED) is 0.589. The van der Waals surface area contributed by atoms with Crippen LogP contribution in [0.2, 0.25) is 0 Å². The number of aryl methyl sites for hydroxylation is 1. The molecule has 0 saturated carbocycles. The first kappa shape index (κ1) is 7.16. The summed E-state index contributed by atoms with van der Waals surface area (Å²) in [5, 5.41) is 0. The molecule has 0 atom stereocenters. The number of fused-ring (bicyclic) bond motifs is 1. The third-order valence-corrected chi connectivity index (χ3v) is 1.70. The Labute approximate surface area is 69.1 Å². The van der Waals surface area contributed by atoms with Gasteiger partial charge in [-0.15, -0.1) is 0 Å². The van der Waals surface area contributed by atoms with E-state index >= 15 is 0 Å². The van der Waals surface area contributed by atoms with Crippen LogP contribution in [0.3, 0.4) is 0 Å². The fourth-order valence-corrected chi connectivity index (χ4v) is 1.05. The van der Waals surface area contributed by atoms with Gasteiger partial charge in [-0.25, -0.2) is 9.37 Å². The smallest absolute Gasteiger partial charge is 0.128 e. The monoisotopic (exact) mass is 161 g/mol. The number of benzene rings is 1. The van der Waals surface area contributed by atoms with E-state index in [1.165, 1.54) is 12.3 Å². The molecule has 0 aliphatic rings. The molecular weight excluding hydrogens is 155 g/mol. The van der Waals surface area contributed by atoms with Crippen molar-refractivity contribution in [3.05, 3.63) is 35.9 Å². The third kappa shape index (κ3) is 1.03. The topological polar surface area (TPSA) is 25.8 Å². The molecule has 0 aliphatic carbocycles. The molecule has 2 aromatic rings. The average molecular weight is 161 g/mol. The van der Waals surface area contributed by atoms with Crippen LogP contribution in [-0.2, 0) is 0 Å². The highest BCUT2D eigenvalue weighted by atomic mass is 19.1. The highest BCUT2D eigenvalue weighted by Crippen LogP contribution is 2.13. The van der Waals surface area contributed by atoms with E-state index in [1.54, 1.807) is 13.0 Å². The van der Waals surface area contributed by atoms with Crippen molar-refractivity contribution in [2.75, 3.05) is 0 Å². The Kier molecular flexibility index (Phi) is 1.50. The zero-order chi connectivity index (χ0) is 8.55. The molecule has 0 amide bonds. The van der Waals surface area contributed by atoms with Crippen LogP contribution in [0, 0.1) is 18.9 Å². The summed E-state index contributed by atoms with van der Waals surface area (Å²) in [5.74, 6) is -0.253. The van der Waals surface area contributed by atoms with Gasteiger partial charge >= 0.3 is 0 Å². The van der Waals surface area contributed by atoms with Crippen LogP contribution < -0.4 is 0 Å².